The second kappa shape index (κ2) is 17.5. The van der Waals surface area contributed by atoms with Gasteiger partial charge in [0.1, 0.15) is 12.1 Å². The van der Waals surface area contributed by atoms with Crippen LogP contribution in [-0.4, -0.2) is 90.6 Å². The highest BCUT2D eigenvalue weighted by Gasteiger charge is 2.63. The number of piperidine rings is 1. The summed E-state index contributed by atoms with van der Waals surface area (Å²) in [5.74, 6) is -1.98. The molecule has 5 amide bonds. The molecule has 0 bridgehead atoms. The smallest absolute Gasteiger partial charge is 0.315 e. The van der Waals surface area contributed by atoms with Crippen LogP contribution in [0.5, 0.6) is 0 Å². The van der Waals surface area contributed by atoms with E-state index in [-0.39, 0.29) is 48.3 Å². The molecule has 0 aromatic rings. The van der Waals surface area contributed by atoms with Gasteiger partial charge in [0, 0.05) is 13.1 Å². The van der Waals surface area contributed by atoms with Crippen molar-refractivity contribution in [2.45, 2.75) is 147 Å². The summed E-state index contributed by atoms with van der Waals surface area (Å²) in [7, 11) is -3.34. The number of sulfone groups is 1. The summed E-state index contributed by atoms with van der Waals surface area (Å²) >= 11 is 0. The van der Waals surface area contributed by atoms with Crippen molar-refractivity contribution in [1.29, 1.82) is 0 Å². The molecule has 2 aliphatic heterocycles. The van der Waals surface area contributed by atoms with E-state index in [1.165, 1.54) is 6.08 Å². The fourth-order valence-electron chi connectivity index (χ4n) is 9.26. The second-order valence-corrected chi connectivity index (χ2v) is 17.2. The van der Waals surface area contributed by atoms with Crippen LogP contribution in [0.4, 0.5) is 4.79 Å². The minimum absolute atomic E-state index is 0.0696. The van der Waals surface area contributed by atoms with Crippen LogP contribution in [-0.2, 0) is 29.0 Å². The number of ketones is 1. The quantitative estimate of drug-likeness (QED) is 0.166. The Labute approximate surface area is 299 Å². The first kappa shape index (κ1) is 39.8. The summed E-state index contributed by atoms with van der Waals surface area (Å²) in [6.07, 6.45) is 11.7. The maximum absolute atomic E-state index is 14.5. The Hall–Kier alpha value is -2.96. The highest BCUT2D eigenvalue weighted by Crippen LogP contribution is 2.55. The lowest BCUT2D eigenvalue weighted by Crippen LogP contribution is -2.64. The molecule has 282 valence electrons. The topological polar surface area (TPSA) is 171 Å². The van der Waals surface area contributed by atoms with Crippen molar-refractivity contribution in [1.82, 2.24) is 26.2 Å². The average Bonchev–Trinajstić information content (AvgIpc) is 3.39. The zero-order valence-electron chi connectivity index (χ0n) is 30.6. The average molecular weight is 720 g/mol. The van der Waals surface area contributed by atoms with Crippen molar-refractivity contribution in [3.05, 3.63) is 12.7 Å². The number of carbonyl (C=O) groups excluding carboxylic acids is 5. The molecule has 5 fully saturated rings. The number of hydrogen-bond acceptors (Lipinski definition) is 7. The van der Waals surface area contributed by atoms with Crippen molar-refractivity contribution in [3.8, 4) is 0 Å². The van der Waals surface area contributed by atoms with Gasteiger partial charge < -0.3 is 26.2 Å². The van der Waals surface area contributed by atoms with Gasteiger partial charge in [0.25, 0.3) is 5.91 Å². The van der Waals surface area contributed by atoms with Crippen LogP contribution in [0.2, 0.25) is 0 Å². The largest absolute Gasteiger partial charge is 0.346 e. The molecule has 2 saturated heterocycles. The fourth-order valence-corrected chi connectivity index (χ4v) is 11.6. The lowest BCUT2D eigenvalue weighted by atomic mass is 9.78. The summed E-state index contributed by atoms with van der Waals surface area (Å²) in [6.45, 7) is 12.0. The van der Waals surface area contributed by atoms with E-state index < -0.39 is 62.4 Å². The van der Waals surface area contributed by atoms with E-state index in [4.69, 9.17) is 0 Å². The van der Waals surface area contributed by atoms with Gasteiger partial charge >= 0.3 is 6.03 Å². The Morgan fingerprint density at radius 1 is 0.940 bits per heavy atom. The molecule has 5 aliphatic rings. The summed E-state index contributed by atoms with van der Waals surface area (Å²) < 4.78 is 26.2. The van der Waals surface area contributed by atoms with Crippen LogP contribution >= 0.6 is 0 Å². The molecule has 5 rings (SSSR count). The van der Waals surface area contributed by atoms with Crippen molar-refractivity contribution in [3.63, 3.8) is 0 Å². The number of hydrogen-bond donors (Lipinski definition) is 4. The van der Waals surface area contributed by atoms with Gasteiger partial charge in [0.05, 0.1) is 22.6 Å². The first-order chi connectivity index (χ1) is 23.9. The summed E-state index contributed by atoms with van der Waals surface area (Å²) in [5.41, 5.74) is -0.857. The number of carbonyl (C=O) groups is 5. The molecule has 12 nitrogen and oxygen atoms in total. The molecule has 2 heterocycles. The molecule has 13 heteroatoms. The van der Waals surface area contributed by atoms with Gasteiger partial charge in [-0.05, 0) is 68.6 Å². The fraction of sp³-hybridized carbons (Fsp3) is 0.811. The van der Waals surface area contributed by atoms with E-state index in [1.54, 1.807) is 4.90 Å². The summed E-state index contributed by atoms with van der Waals surface area (Å²) in [4.78, 5) is 69.4. The second-order valence-electron chi connectivity index (χ2n) is 14.9. The van der Waals surface area contributed by atoms with Gasteiger partial charge in [0.15, 0.2) is 9.84 Å². The monoisotopic (exact) mass is 719 g/mol. The van der Waals surface area contributed by atoms with Crippen molar-refractivity contribution in [2.75, 3.05) is 18.8 Å². The van der Waals surface area contributed by atoms with E-state index >= 15 is 0 Å². The van der Waals surface area contributed by atoms with Gasteiger partial charge in [-0.1, -0.05) is 78.7 Å². The molecular weight excluding hydrogens is 659 g/mol. The molecule has 0 radical (unpaired) electrons. The van der Waals surface area contributed by atoms with Gasteiger partial charge in [-0.15, -0.1) is 6.58 Å². The number of likely N-dealkylation sites (tertiary alicyclic amines) is 1. The number of rotatable bonds is 13. The molecule has 0 aromatic carbocycles. The maximum atomic E-state index is 14.5. The predicted octanol–water partition coefficient (Wildman–Crippen LogP) is 3.79. The lowest BCUT2D eigenvalue weighted by molar-refractivity contribution is -0.144. The molecule has 7 atom stereocenters. The van der Waals surface area contributed by atoms with E-state index in [9.17, 15) is 32.4 Å². The molecule has 4 N–H and O–H groups in total. The number of urea groups is 1. The van der Waals surface area contributed by atoms with Crippen molar-refractivity contribution in [2.24, 2.45) is 23.7 Å². The van der Waals surface area contributed by atoms with E-state index in [2.05, 4.69) is 34.8 Å². The number of Topliss-reactive ketones (excluding diaryl/α,β-unsaturated/α-hetero) is 1. The van der Waals surface area contributed by atoms with Crippen LogP contribution in [0.25, 0.3) is 0 Å². The van der Waals surface area contributed by atoms with Crippen LogP contribution in [0, 0.1) is 23.7 Å². The highest BCUT2D eigenvalue weighted by atomic mass is 32.2. The number of amides is 5. The Morgan fingerprint density at radius 2 is 1.60 bits per heavy atom. The molecule has 2 unspecified atom stereocenters. The Balaban J connectivity index is 0.00000276. The van der Waals surface area contributed by atoms with Gasteiger partial charge in [0.2, 0.25) is 17.6 Å². The van der Waals surface area contributed by atoms with Gasteiger partial charge in [-0.3, -0.25) is 19.2 Å². The zero-order chi connectivity index (χ0) is 36.6. The van der Waals surface area contributed by atoms with E-state index in [0.717, 1.165) is 51.4 Å². The third kappa shape index (κ3) is 8.73. The van der Waals surface area contributed by atoms with Crippen LogP contribution in [0.15, 0.2) is 12.7 Å². The van der Waals surface area contributed by atoms with E-state index in [0.29, 0.717) is 38.6 Å². The summed E-state index contributed by atoms with van der Waals surface area (Å²) in [6, 6.07) is -3.23. The first-order valence-corrected chi connectivity index (χ1v) is 21.0. The van der Waals surface area contributed by atoms with Crippen molar-refractivity contribution >= 4 is 39.4 Å². The van der Waals surface area contributed by atoms with Gasteiger partial charge in [-0.25, -0.2) is 13.2 Å². The normalized spacial score (nSPS) is 29.2. The minimum Gasteiger partial charge on any atom is -0.346 e. The third-order valence-electron chi connectivity index (χ3n) is 11.9. The Morgan fingerprint density at radius 3 is 2.20 bits per heavy atom. The zero-order valence-corrected chi connectivity index (χ0v) is 31.5. The standard InChI is InChI=1S/C35H55N5O7S.C2H6/c1-4-13-25(30(41)32(43)36-19-5-2)37-31(42)29-27-22(3)24(27)21-40(29)33(44)28(23-14-8-6-9-15-23)38-34(45)39-35(17-10-7-11-18-35)26-16-12-20-48(26,46)47;1-2/h5,22-29H,2,4,6-21H2,1,3H3,(H,36,43)(H,37,42)(H2,38,39,45);1-2H3/t22?,24-,25+,26?,27+,28+,29+;/m1./s1. The lowest BCUT2D eigenvalue weighted by Gasteiger charge is -2.43. The molecule has 3 saturated carbocycles. The SMILES string of the molecule is C=CCNC(=O)C(=O)[C@H](CCC)NC(=O)[C@@H]1[C@H]2C(C)[C@H]2CN1C(=O)[C@@H](NC(=O)NC1(C2CCCS2(=O)=O)CCCCC1)C1CCCCC1.CC. The van der Waals surface area contributed by atoms with Crippen molar-refractivity contribution < 1.29 is 32.4 Å². The first-order valence-electron chi connectivity index (χ1n) is 19.3. The van der Waals surface area contributed by atoms with Crippen LogP contribution in [0.3, 0.4) is 0 Å². The van der Waals surface area contributed by atoms with Gasteiger partial charge in [-0.2, -0.15) is 0 Å². The Bertz CT molecular complexity index is 1360. The summed E-state index contributed by atoms with van der Waals surface area (Å²) in [5, 5.41) is 10.8. The number of fused-ring (bicyclic) bond motifs is 1. The molecule has 3 aliphatic carbocycles. The molecule has 0 aromatic heterocycles. The van der Waals surface area contributed by atoms with E-state index in [1.807, 2.05) is 20.8 Å². The number of nitrogens with one attached hydrogen (secondary N) is 4. The van der Waals surface area contributed by atoms with Crippen LogP contribution in [0.1, 0.15) is 118 Å². The highest BCUT2D eigenvalue weighted by molar-refractivity contribution is 7.92. The third-order valence-corrected chi connectivity index (χ3v) is 14.3. The number of nitrogens with zero attached hydrogens (tertiary/aromatic N) is 1. The molecule has 0 spiro atoms. The van der Waals surface area contributed by atoms with Crippen LogP contribution < -0.4 is 21.3 Å². The molecular formula is C37H61N5O7S. The maximum Gasteiger partial charge on any atom is 0.315 e. The molecule has 50 heavy (non-hydrogen) atoms. The predicted molar refractivity (Wildman–Crippen MR) is 193 cm³/mol. The Kier molecular flexibility index (Phi) is 13.9. The minimum atomic E-state index is -3.34.